The summed E-state index contributed by atoms with van der Waals surface area (Å²) in [7, 11) is 1.25. The second-order valence-electron chi connectivity index (χ2n) is 9.40. The number of piperidine rings is 1. The quantitative estimate of drug-likeness (QED) is 0.497. The Labute approximate surface area is 201 Å². The highest BCUT2D eigenvalue weighted by molar-refractivity contribution is 5.85. The zero-order chi connectivity index (χ0) is 24.6. The summed E-state index contributed by atoms with van der Waals surface area (Å²) in [6, 6.07) is 7.90. The first kappa shape index (κ1) is 23.5. The van der Waals surface area contributed by atoms with Crippen LogP contribution in [-0.4, -0.2) is 47.1 Å². The Bertz CT molecular complexity index is 1200. The first-order valence-electron chi connectivity index (χ1n) is 12.0. The average molecular weight is 484 g/mol. The van der Waals surface area contributed by atoms with Crippen molar-refractivity contribution in [1.29, 1.82) is 0 Å². The molecule has 2 aliphatic rings. The SMILES string of the molecule is CN(C(=O)C1CCNCC1)[C@@H](c1ccc(Nc2cnc3cccnc3c2C2CC2)cc1)C(F)(F)F. The van der Waals surface area contributed by atoms with Gasteiger partial charge in [0.05, 0.1) is 22.9 Å². The number of nitrogens with one attached hydrogen (secondary N) is 2. The van der Waals surface area contributed by atoms with Crippen molar-refractivity contribution in [3.63, 3.8) is 0 Å². The molecule has 1 amide bonds. The number of rotatable bonds is 6. The normalized spacial score (nSPS) is 17.8. The number of benzene rings is 1. The number of aromatic nitrogens is 2. The standard InChI is InChI=1S/C26H28F3N5O/c1-34(25(35)18-10-13-30-14-11-18)24(26(27,28)29)17-6-8-19(9-7-17)33-21-15-32-20-3-2-12-31-23(20)22(21)16-4-5-16/h2-3,6-9,12,15-16,18,24,30,33H,4-5,10-11,13-14H2,1H3/t24-/m0/s1. The third-order valence-electron chi connectivity index (χ3n) is 6.89. The number of hydrogen-bond acceptors (Lipinski definition) is 5. The Morgan fingerprint density at radius 1 is 1.09 bits per heavy atom. The van der Waals surface area contributed by atoms with E-state index in [1.54, 1.807) is 24.5 Å². The van der Waals surface area contributed by atoms with Crippen molar-refractivity contribution < 1.29 is 18.0 Å². The predicted molar refractivity (Wildman–Crippen MR) is 128 cm³/mol. The lowest BCUT2D eigenvalue weighted by Gasteiger charge is -2.34. The molecule has 1 saturated heterocycles. The summed E-state index contributed by atoms with van der Waals surface area (Å²) in [6.07, 6.45) is 2.17. The van der Waals surface area contributed by atoms with E-state index in [0.717, 1.165) is 40.0 Å². The topological polar surface area (TPSA) is 70.2 Å². The maximum atomic E-state index is 14.1. The van der Waals surface area contributed by atoms with Crippen molar-refractivity contribution in [1.82, 2.24) is 20.2 Å². The molecular formula is C26H28F3N5O. The molecule has 0 unspecified atom stereocenters. The third kappa shape index (κ3) is 4.96. The highest BCUT2D eigenvalue weighted by atomic mass is 19.4. The molecule has 3 aromatic rings. The molecule has 0 bridgehead atoms. The number of alkyl halides is 3. The lowest BCUT2D eigenvalue weighted by atomic mass is 9.95. The van der Waals surface area contributed by atoms with Crippen LogP contribution in [-0.2, 0) is 4.79 Å². The Hall–Kier alpha value is -3.20. The van der Waals surface area contributed by atoms with Gasteiger partial charge in [-0.2, -0.15) is 13.2 Å². The minimum Gasteiger partial charge on any atom is -0.354 e. The van der Waals surface area contributed by atoms with Crippen LogP contribution in [0.1, 0.15) is 48.8 Å². The number of anilines is 2. The number of carbonyl (C=O) groups excluding carboxylic acids is 1. The molecule has 1 saturated carbocycles. The molecule has 1 atom stereocenters. The number of amides is 1. The molecule has 0 radical (unpaired) electrons. The lowest BCUT2D eigenvalue weighted by molar-refractivity contribution is -0.190. The Morgan fingerprint density at radius 3 is 2.46 bits per heavy atom. The molecule has 1 aliphatic heterocycles. The van der Waals surface area contributed by atoms with E-state index in [2.05, 4.69) is 20.6 Å². The first-order chi connectivity index (χ1) is 16.8. The Kier molecular flexibility index (Phi) is 6.35. The number of carbonyl (C=O) groups is 1. The number of pyridine rings is 2. The van der Waals surface area contributed by atoms with E-state index in [-0.39, 0.29) is 11.5 Å². The smallest absolute Gasteiger partial charge is 0.354 e. The second kappa shape index (κ2) is 9.45. The first-order valence-corrected chi connectivity index (χ1v) is 12.0. The van der Waals surface area contributed by atoms with Crippen LogP contribution in [0.2, 0.25) is 0 Å². The van der Waals surface area contributed by atoms with E-state index in [4.69, 9.17) is 0 Å². The van der Waals surface area contributed by atoms with E-state index in [9.17, 15) is 18.0 Å². The van der Waals surface area contributed by atoms with Crippen LogP contribution in [0, 0.1) is 5.92 Å². The van der Waals surface area contributed by atoms with Crippen molar-refractivity contribution in [2.75, 3.05) is 25.5 Å². The highest BCUT2D eigenvalue weighted by Gasteiger charge is 2.46. The molecule has 184 valence electrons. The van der Waals surface area contributed by atoms with Gasteiger partial charge in [-0.25, -0.2) is 0 Å². The largest absolute Gasteiger partial charge is 0.413 e. The van der Waals surface area contributed by atoms with Gasteiger partial charge < -0.3 is 15.5 Å². The van der Waals surface area contributed by atoms with E-state index in [1.807, 2.05) is 12.1 Å². The molecule has 1 aromatic carbocycles. The van der Waals surface area contributed by atoms with Crippen molar-refractivity contribution >= 4 is 28.3 Å². The summed E-state index contributed by atoms with van der Waals surface area (Å²) in [4.78, 5) is 22.7. The minimum absolute atomic E-state index is 0.0357. The maximum absolute atomic E-state index is 14.1. The van der Waals surface area contributed by atoms with Crippen molar-refractivity contribution in [3.05, 3.63) is 59.9 Å². The fourth-order valence-corrected chi connectivity index (χ4v) is 4.95. The summed E-state index contributed by atoms with van der Waals surface area (Å²) < 4.78 is 42.3. The number of nitrogens with zero attached hydrogens (tertiary/aromatic N) is 3. The zero-order valence-electron chi connectivity index (χ0n) is 19.5. The summed E-state index contributed by atoms with van der Waals surface area (Å²) in [5.74, 6) is -0.442. The minimum atomic E-state index is -4.58. The molecule has 9 heteroatoms. The molecule has 0 spiro atoms. The van der Waals surface area contributed by atoms with Crippen molar-refractivity contribution in [3.8, 4) is 0 Å². The monoisotopic (exact) mass is 483 g/mol. The average Bonchev–Trinajstić information content (AvgIpc) is 3.69. The van der Waals surface area contributed by atoms with Crippen LogP contribution < -0.4 is 10.6 Å². The van der Waals surface area contributed by atoms with E-state index in [1.165, 1.54) is 19.2 Å². The van der Waals surface area contributed by atoms with Gasteiger partial charge in [-0.1, -0.05) is 12.1 Å². The predicted octanol–water partition coefficient (Wildman–Crippen LogP) is 5.31. The van der Waals surface area contributed by atoms with Crippen LogP contribution in [0.5, 0.6) is 0 Å². The van der Waals surface area contributed by atoms with Gasteiger partial charge in [-0.3, -0.25) is 14.8 Å². The van der Waals surface area contributed by atoms with Gasteiger partial charge in [-0.15, -0.1) is 0 Å². The molecule has 5 rings (SSSR count). The molecule has 3 heterocycles. The van der Waals surface area contributed by atoms with Gasteiger partial charge in [0.25, 0.3) is 0 Å². The van der Waals surface area contributed by atoms with Crippen LogP contribution in [0.3, 0.4) is 0 Å². The van der Waals surface area contributed by atoms with Gasteiger partial charge in [0.15, 0.2) is 6.04 Å². The van der Waals surface area contributed by atoms with E-state index >= 15 is 0 Å². The summed E-state index contributed by atoms with van der Waals surface area (Å²) in [6.45, 7) is 1.28. The van der Waals surface area contributed by atoms with E-state index < -0.39 is 18.1 Å². The van der Waals surface area contributed by atoms with Crippen molar-refractivity contribution in [2.45, 2.75) is 43.8 Å². The highest BCUT2D eigenvalue weighted by Crippen LogP contribution is 2.46. The Balaban J connectivity index is 1.39. The van der Waals surface area contributed by atoms with Crippen LogP contribution in [0.15, 0.2) is 48.8 Å². The fraction of sp³-hybridized carbons (Fsp3) is 0.423. The van der Waals surface area contributed by atoms with Crippen LogP contribution >= 0.6 is 0 Å². The number of fused-ring (bicyclic) bond motifs is 1. The van der Waals surface area contributed by atoms with Crippen LogP contribution in [0.25, 0.3) is 11.0 Å². The summed E-state index contributed by atoms with van der Waals surface area (Å²) in [5, 5.41) is 6.47. The number of hydrogen-bond donors (Lipinski definition) is 2. The fourth-order valence-electron chi connectivity index (χ4n) is 4.95. The molecule has 35 heavy (non-hydrogen) atoms. The molecule has 2 aromatic heterocycles. The van der Waals surface area contributed by atoms with Gasteiger partial charge >= 0.3 is 6.18 Å². The Morgan fingerprint density at radius 2 is 1.80 bits per heavy atom. The summed E-state index contributed by atoms with van der Waals surface area (Å²) in [5.41, 5.74) is 4.28. The van der Waals surface area contributed by atoms with Crippen LogP contribution in [0.4, 0.5) is 24.5 Å². The maximum Gasteiger partial charge on any atom is 0.413 e. The van der Waals surface area contributed by atoms with E-state index in [0.29, 0.717) is 37.5 Å². The zero-order valence-corrected chi connectivity index (χ0v) is 19.5. The summed E-state index contributed by atoms with van der Waals surface area (Å²) >= 11 is 0. The molecule has 2 N–H and O–H groups in total. The lowest BCUT2D eigenvalue weighted by Crippen LogP contribution is -2.45. The number of halogens is 3. The molecule has 1 aliphatic carbocycles. The van der Waals surface area contributed by atoms with Crippen molar-refractivity contribution in [2.24, 2.45) is 5.92 Å². The second-order valence-corrected chi connectivity index (χ2v) is 9.40. The van der Waals surface area contributed by atoms with Gasteiger partial charge in [0, 0.05) is 30.4 Å². The molecular weight excluding hydrogens is 455 g/mol. The van der Waals surface area contributed by atoms with Gasteiger partial charge in [0.2, 0.25) is 5.91 Å². The van der Waals surface area contributed by atoms with Gasteiger partial charge in [0.1, 0.15) is 0 Å². The van der Waals surface area contributed by atoms with Gasteiger partial charge in [-0.05, 0) is 74.5 Å². The third-order valence-corrected chi connectivity index (χ3v) is 6.89. The molecule has 2 fully saturated rings. The molecule has 6 nitrogen and oxygen atoms in total.